The van der Waals surface area contributed by atoms with Gasteiger partial charge in [-0.05, 0) is 62.8 Å². The van der Waals surface area contributed by atoms with Gasteiger partial charge in [0, 0.05) is 25.3 Å². The number of carbonyl (C=O) groups excluding carboxylic acids is 1. The van der Waals surface area contributed by atoms with Crippen molar-refractivity contribution in [3.05, 3.63) is 100.0 Å². The summed E-state index contributed by atoms with van der Waals surface area (Å²) in [6.45, 7) is 5.70. The molecule has 1 saturated heterocycles. The molecule has 1 fully saturated rings. The second-order valence-corrected chi connectivity index (χ2v) is 10.4. The van der Waals surface area contributed by atoms with Crippen LogP contribution in [0.25, 0.3) is 11.2 Å². The number of hydrogen-bond donors (Lipinski definition) is 1. The van der Waals surface area contributed by atoms with Crippen LogP contribution in [0, 0.1) is 12.8 Å². The number of nitrogens with zero attached hydrogens (tertiary/aromatic N) is 4. The first-order chi connectivity index (χ1) is 18.5. The summed E-state index contributed by atoms with van der Waals surface area (Å²) in [6.07, 6.45) is 5.14. The van der Waals surface area contributed by atoms with Crippen LogP contribution in [0.3, 0.4) is 0 Å². The van der Waals surface area contributed by atoms with E-state index in [1.807, 2.05) is 66.4 Å². The number of carbonyl (C=O) groups is 1. The lowest BCUT2D eigenvalue weighted by Crippen LogP contribution is -2.47. The molecule has 3 heterocycles. The Balaban J connectivity index is 1.32. The molecule has 0 spiro atoms. The molecule has 38 heavy (non-hydrogen) atoms. The number of aromatic nitrogens is 3. The van der Waals surface area contributed by atoms with Crippen LogP contribution in [0.1, 0.15) is 42.9 Å². The van der Waals surface area contributed by atoms with Gasteiger partial charge in [0.15, 0.2) is 11.5 Å². The van der Waals surface area contributed by atoms with Crippen LogP contribution in [0.2, 0.25) is 0 Å². The van der Waals surface area contributed by atoms with Gasteiger partial charge in [0.1, 0.15) is 5.52 Å². The quantitative estimate of drug-likeness (QED) is 0.378. The normalized spacial score (nSPS) is 16.4. The number of hydrogen-bond acceptors (Lipinski definition) is 5. The molecule has 5 rings (SSSR count). The van der Waals surface area contributed by atoms with Crippen molar-refractivity contribution in [2.75, 3.05) is 18.0 Å². The number of fused-ring (bicyclic) bond motifs is 1. The van der Waals surface area contributed by atoms with Gasteiger partial charge in [-0.3, -0.25) is 14.2 Å². The van der Waals surface area contributed by atoms with Gasteiger partial charge in [0.25, 0.3) is 5.56 Å². The maximum Gasteiger partial charge on any atom is 0.295 e. The Morgan fingerprint density at radius 2 is 1.84 bits per heavy atom. The zero-order valence-electron chi connectivity index (χ0n) is 22.1. The predicted molar refractivity (Wildman–Crippen MR) is 151 cm³/mol. The van der Waals surface area contributed by atoms with Gasteiger partial charge in [-0.2, -0.15) is 0 Å². The summed E-state index contributed by atoms with van der Waals surface area (Å²) in [5.74, 6) is 0.268. The molecule has 2 aromatic heterocycles. The number of piperidine rings is 1. The summed E-state index contributed by atoms with van der Waals surface area (Å²) in [5, 5.41) is 3.21. The number of rotatable bonds is 8. The Bertz CT molecular complexity index is 1450. The highest BCUT2D eigenvalue weighted by Gasteiger charge is 2.29. The van der Waals surface area contributed by atoms with Crippen LogP contribution in [0.5, 0.6) is 0 Å². The molecule has 2 atom stereocenters. The Kier molecular flexibility index (Phi) is 7.82. The van der Waals surface area contributed by atoms with Crippen molar-refractivity contribution in [3.8, 4) is 0 Å². The van der Waals surface area contributed by atoms with Gasteiger partial charge >= 0.3 is 0 Å². The summed E-state index contributed by atoms with van der Waals surface area (Å²) >= 11 is 0. The van der Waals surface area contributed by atoms with Crippen LogP contribution in [-0.2, 0) is 17.8 Å². The Labute approximate surface area is 223 Å². The number of amides is 1. The van der Waals surface area contributed by atoms with Crippen LogP contribution in [0.15, 0.2) is 77.7 Å². The molecule has 4 aromatic rings. The van der Waals surface area contributed by atoms with Crippen LogP contribution >= 0.6 is 0 Å². The van der Waals surface area contributed by atoms with Crippen molar-refractivity contribution in [1.82, 2.24) is 19.9 Å². The first kappa shape index (κ1) is 25.6. The highest BCUT2D eigenvalue weighted by atomic mass is 16.2. The summed E-state index contributed by atoms with van der Waals surface area (Å²) < 4.78 is 1.71. The first-order valence-corrected chi connectivity index (χ1v) is 13.5. The Morgan fingerprint density at radius 3 is 2.63 bits per heavy atom. The lowest BCUT2D eigenvalue weighted by atomic mass is 9.96. The van der Waals surface area contributed by atoms with Crippen molar-refractivity contribution in [2.24, 2.45) is 5.92 Å². The van der Waals surface area contributed by atoms with Gasteiger partial charge in [-0.15, -0.1) is 0 Å². The molecular weight excluding hydrogens is 474 g/mol. The fraction of sp³-hybridized carbons (Fsp3) is 0.355. The highest BCUT2D eigenvalue weighted by molar-refractivity contribution is 5.80. The Hall–Kier alpha value is -4.00. The number of anilines is 1. The van der Waals surface area contributed by atoms with E-state index in [2.05, 4.69) is 29.4 Å². The zero-order valence-corrected chi connectivity index (χ0v) is 22.1. The standard InChI is InChI=1S/C31H35N5O2/c1-22-12-15-25(16-13-22)20-36-28-27(11-6-18-32-28)34-29(31(36)38)35-19-7-10-26(21-35)30(37)33-23(2)14-17-24-8-4-3-5-9-24/h3-6,8-9,11-13,15-16,18,23,26H,7,10,14,17,19-21H2,1-2H3,(H,33,37)/t23-,26+/m0/s1. The maximum absolute atomic E-state index is 13.7. The number of benzene rings is 2. The monoisotopic (exact) mass is 509 g/mol. The van der Waals surface area contributed by atoms with E-state index in [9.17, 15) is 9.59 Å². The van der Waals surface area contributed by atoms with E-state index in [1.165, 1.54) is 11.1 Å². The minimum Gasteiger partial charge on any atom is -0.353 e. The maximum atomic E-state index is 13.7. The number of aryl methyl sites for hydroxylation is 2. The molecule has 1 N–H and O–H groups in total. The molecule has 0 aliphatic carbocycles. The van der Waals surface area contributed by atoms with E-state index in [0.717, 1.165) is 31.2 Å². The summed E-state index contributed by atoms with van der Waals surface area (Å²) in [7, 11) is 0. The average molecular weight is 510 g/mol. The van der Waals surface area contributed by atoms with Crippen LogP contribution in [-0.4, -0.2) is 39.6 Å². The van der Waals surface area contributed by atoms with E-state index in [-0.39, 0.29) is 23.4 Å². The fourth-order valence-electron chi connectivity index (χ4n) is 5.14. The molecule has 7 heteroatoms. The molecule has 1 aliphatic heterocycles. The first-order valence-electron chi connectivity index (χ1n) is 13.5. The minimum absolute atomic E-state index is 0.0534. The zero-order chi connectivity index (χ0) is 26.5. The van der Waals surface area contributed by atoms with Crippen molar-refractivity contribution in [1.29, 1.82) is 0 Å². The van der Waals surface area contributed by atoms with Crippen molar-refractivity contribution in [2.45, 2.75) is 52.1 Å². The molecule has 0 saturated carbocycles. The molecular formula is C31H35N5O2. The molecule has 0 bridgehead atoms. The Morgan fingerprint density at radius 1 is 1.05 bits per heavy atom. The van der Waals surface area contributed by atoms with Gasteiger partial charge in [0.05, 0.1) is 12.5 Å². The summed E-state index contributed by atoms with van der Waals surface area (Å²) in [4.78, 5) is 38.1. The molecule has 7 nitrogen and oxygen atoms in total. The van der Waals surface area contributed by atoms with E-state index >= 15 is 0 Å². The SMILES string of the molecule is Cc1ccc(Cn2c(=O)c(N3CCC[C@@H](C(=O)N[C@@H](C)CCc4ccccc4)C3)nc3cccnc32)cc1. The third-order valence-corrected chi connectivity index (χ3v) is 7.34. The largest absolute Gasteiger partial charge is 0.353 e. The second kappa shape index (κ2) is 11.6. The highest BCUT2D eigenvalue weighted by Crippen LogP contribution is 2.22. The molecule has 0 radical (unpaired) electrons. The lowest BCUT2D eigenvalue weighted by Gasteiger charge is -2.33. The number of nitrogens with one attached hydrogen (secondary N) is 1. The average Bonchev–Trinajstić information content (AvgIpc) is 2.95. The van der Waals surface area contributed by atoms with Gasteiger partial charge in [-0.1, -0.05) is 60.2 Å². The van der Waals surface area contributed by atoms with E-state index in [0.29, 0.717) is 36.6 Å². The van der Waals surface area contributed by atoms with Gasteiger partial charge in [0.2, 0.25) is 5.91 Å². The molecule has 1 aliphatic rings. The molecule has 196 valence electrons. The predicted octanol–water partition coefficient (Wildman–Crippen LogP) is 4.50. The van der Waals surface area contributed by atoms with Crippen molar-refractivity contribution < 1.29 is 4.79 Å². The number of pyridine rings is 1. The van der Waals surface area contributed by atoms with Gasteiger partial charge in [-0.25, -0.2) is 9.97 Å². The minimum atomic E-state index is -0.181. The third-order valence-electron chi connectivity index (χ3n) is 7.34. The second-order valence-electron chi connectivity index (χ2n) is 10.4. The lowest BCUT2D eigenvalue weighted by molar-refractivity contribution is -0.125. The van der Waals surface area contributed by atoms with E-state index in [1.54, 1.807) is 10.8 Å². The van der Waals surface area contributed by atoms with Crippen molar-refractivity contribution in [3.63, 3.8) is 0 Å². The third kappa shape index (κ3) is 5.93. The molecule has 1 amide bonds. The topological polar surface area (TPSA) is 80.1 Å². The smallest absolute Gasteiger partial charge is 0.295 e. The fourth-order valence-corrected chi connectivity index (χ4v) is 5.14. The molecule has 2 aromatic carbocycles. The molecule has 0 unspecified atom stereocenters. The van der Waals surface area contributed by atoms with Crippen LogP contribution in [0.4, 0.5) is 5.82 Å². The van der Waals surface area contributed by atoms with Gasteiger partial charge < -0.3 is 10.2 Å². The van der Waals surface area contributed by atoms with Crippen molar-refractivity contribution >= 4 is 22.9 Å². The summed E-state index contributed by atoms with van der Waals surface area (Å²) in [5.41, 5.74) is 4.55. The summed E-state index contributed by atoms with van der Waals surface area (Å²) in [6, 6.07) is 22.3. The van der Waals surface area contributed by atoms with Crippen LogP contribution < -0.4 is 15.8 Å². The van der Waals surface area contributed by atoms with E-state index < -0.39 is 0 Å². The van der Waals surface area contributed by atoms with E-state index in [4.69, 9.17) is 4.98 Å².